The molecule has 0 aliphatic rings. The van der Waals surface area contributed by atoms with Crippen LogP contribution in [0.2, 0.25) is 0 Å². The molecule has 0 aromatic rings. The van der Waals surface area contributed by atoms with Gasteiger partial charge in [0.05, 0.1) is 25.4 Å². The lowest BCUT2D eigenvalue weighted by atomic mass is 10.0. The van der Waals surface area contributed by atoms with Gasteiger partial charge in [-0.2, -0.15) is 0 Å². The van der Waals surface area contributed by atoms with Gasteiger partial charge in [0.1, 0.15) is 0 Å². The first-order valence-corrected chi connectivity index (χ1v) is 30.5. The van der Waals surface area contributed by atoms with E-state index in [4.69, 9.17) is 4.74 Å². The fraction of sp³-hybridized carbons (Fsp3) is 0.934. The zero-order valence-corrected chi connectivity index (χ0v) is 45.4. The quantitative estimate of drug-likeness (QED) is 0.0321. The van der Waals surface area contributed by atoms with Crippen LogP contribution in [0.5, 0.6) is 0 Å². The van der Waals surface area contributed by atoms with Crippen LogP contribution in [-0.2, 0) is 14.3 Å². The van der Waals surface area contributed by atoms with E-state index in [2.05, 4.69) is 19.2 Å². The zero-order chi connectivity index (χ0) is 48.6. The smallest absolute Gasteiger partial charge is 0.305 e. The number of aliphatic hydroxyl groups is 2. The zero-order valence-electron chi connectivity index (χ0n) is 45.4. The van der Waals surface area contributed by atoms with Gasteiger partial charge in [0.2, 0.25) is 5.91 Å². The summed E-state index contributed by atoms with van der Waals surface area (Å²) in [6.45, 7) is 4.91. The lowest BCUT2D eigenvalue weighted by Crippen LogP contribution is -2.45. The maximum absolute atomic E-state index is 12.5. The first-order valence-electron chi connectivity index (χ1n) is 30.5. The monoisotopic (exact) mass is 946 g/mol. The number of rotatable bonds is 57. The van der Waals surface area contributed by atoms with Gasteiger partial charge in [-0.3, -0.25) is 9.59 Å². The lowest BCUT2D eigenvalue weighted by molar-refractivity contribution is -0.143. The molecule has 0 bridgehead atoms. The molecule has 0 radical (unpaired) electrons. The van der Waals surface area contributed by atoms with Gasteiger partial charge in [-0.25, -0.2) is 0 Å². The molecule has 6 heteroatoms. The number of ether oxygens (including phenoxy) is 1. The topological polar surface area (TPSA) is 95.9 Å². The second-order valence-corrected chi connectivity index (χ2v) is 21.0. The van der Waals surface area contributed by atoms with Crippen molar-refractivity contribution in [3.05, 3.63) is 12.2 Å². The predicted molar refractivity (Wildman–Crippen MR) is 292 cm³/mol. The molecule has 0 aliphatic heterocycles. The van der Waals surface area contributed by atoms with Gasteiger partial charge in [-0.1, -0.05) is 309 Å². The van der Waals surface area contributed by atoms with Crippen LogP contribution >= 0.6 is 0 Å². The van der Waals surface area contributed by atoms with Crippen molar-refractivity contribution in [2.24, 2.45) is 0 Å². The minimum atomic E-state index is -0.852. The second kappa shape index (κ2) is 57.2. The first-order chi connectivity index (χ1) is 33.0. The summed E-state index contributed by atoms with van der Waals surface area (Å²) in [7, 11) is 0. The molecule has 0 fully saturated rings. The Balaban J connectivity index is 3.46. The molecule has 0 aliphatic carbocycles. The van der Waals surface area contributed by atoms with Crippen molar-refractivity contribution in [3.63, 3.8) is 0 Å². The SMILES string of the molecule is CCCCCCCCCCCCCCCCCCCCCCCC/C=C/C(O)C(CO)NC(=O)CCCCCCCCCCCCCCCCOC(=O)CCCCCCCCCCCCCC. The van der Waals surface area contributed by atoms with Crippen molar-refractivity contribution < 1.29 is 24.5 Å². The lowest BCUT2D eigenvalue weighted by Gasteiger charge is -2.20. The van der Waals surface area contributed by atoms with E-state index in [9.17, 15) is 19.8 Å². The Hall–Kier alpha value is -1.40. The minimum Gasteiger partial charge on any atom is -0.466 e. The van der Waals surface area contributed by atoms with Crippen LogP contribution in [0.25, 0.3) is 0 Å². The molecular weight excluding hydrogens is 827 g/mol. The average molecular weight is 947 g/mol. The Labute approximate surface area is 419 Å². The number of allylic oxidation sites excluding steroid dienone is 1. The number of aliphatic hydroxyl groups excluding tert-OH is 2. The molecule has 0 heterocycles. The van der Waals surface area contributed by atoms with Crippen LogP contribution in [-0.4, -0.2) is 47.4 Å². The highest BCUT2D eigenvalue weighted by molar-refractivity contribution is 5.76. The van der Waals surface area contributed by atoms with Crippen LogP contribution in [0.15, 0.2) is 12.2 Å². The van der Waals surface area contributed by atoms with Gasteiger partial charge < -0.3 is 20.3 Å². The molecule has 0 rings (SSSR count). The molecule has 3 N–H and O–H groups in total. The Morgan fingerprint density at radius 1 is 0.403 bits per heavy atom. The third-order valence-electron chi connectivity index (χ3n) is 14.3. The summed E-state index contributed by atoms with van der Waals surface area (Å²) in [5.41, 5.74) is 0. The highest BCUT2D eigenvalue weighted by atomic mass is 16.5. The number of carbonyl (C=O) groups excluding carboxylic acids is 2. The molecule has 398 valence electrons. The van der Waals surface area contributed by atoms with Crippen molar-refractivity contribution in [1.82, 2.24) is 5.32 Å². The number of esters is 1. The van der Waals surface area contributed by atoms with E-state index in [0.29, 0.717) is 19.4 Å². The number of hydrogen-bond acceptors (Lipinski definition) is 5. The van der Waals surface area contributed by atoms with Crippen LogP contribution in [0, 0.1) is 0 Å². The van der Waals surface area contributed by atoms with E-state index >= 15 is 0 Å². The summed E-state index contributed by atoms with van der Waals surface area (Å²) in [5, 5.41) is 23.2. The maximum Gasteiger partial charge on any atom is 0.305 e. The van der Waals surface area contributed by atoms with Gasteiger partial charge in [0.15, 0.2) is 0 Å². The number of nitrogens with one attached hydrogen (secondary N) is 1. The Bertz CT molecular complexity index is 1000. The Morgan fingerprint density at radius 2 is 0.687 bits per heavy atom. The van der Waals surface area contributed by atoms with E-state index in [1.54, 1.807) is 6.08 Å². The molecule has 0 aromatic heterocycles. The summed E-state index contributed by atoms with van der Waals surface area (Å²) in [4.78, 5) is 24.5. The van der Waals surface area contributed by atoms with Crippen molar-refractivity contribution >= 4 is 11.9 Å². The standard InChI is InChI=1S/C61H119NO5/c1-3-5-7-9-11-13-15-17-18-19-20-21-22-23-24-25-26-27-30-33-37-41-45-49-53-59(64)58(57-63)62-60(65)54-50-46-42-38-34-31-28-29-32-36-40-44-48-52-56-67-61(66)55-51-47-43-39-35-16-14-12-10-8-6-4-2/h49,53,58-59,63-64H,3-48,50-52,54-57H2,1-2H3,(H,62,65)/b53-49+. The first kappa shape index (κ1) is 65.6. The molecular formula is C61H119NO5. The Kier molecular flexibility index (Phi) is 56.0. The number of amides is 1. The van der Waals surface area contributed by atoms with E-state index in [1.165, 1.54) is 257 Å². The van der Waals surface area contributed by atoms with Gasteiger partial charge in [-0.15, -0.1) is 0 Å². The maximum atomic E-state index is 12.5. The van der Waals surface area contributed by atoms with Crippen molar-refractivity contribution in [3.8, 4) is 0 Å². The molecule has 67 heavy (non-hydrogen) atoms. The van der Waals surface area contributed by atoms with Crippen LogP contribution in [0.4, 0.5) is 0 Å². The van der Waals surface area contributed by atoms with Gasteiger partial charge in [0, 0.05) is 12.8 Å². The minimum absolute atomic E-state index is 0.00174. The van der Waals surface area contributed by atoms with Crippen LogP contribution in [0.1, 0.15) is 341 Å². The molecule has 6 nitrogen and oxygen atoms in total. The fourth-order valence-electron chi connectivity index (χ4n) is 9.64. The highest BCUT2D eigenvalue weighted by Gasteiger charge is 2.18. The van der Waals surface area contributed by atoms with Crippen LogP contribution in [0.3, 0.4) is 0 Å². The fourth-order valence-corrected chi connectivity index (χ4v) is 9.64. The summed E-state index contributed by atoms with van der Waals surface area (Å²) >= 11 is 0. The summed E-state index contributed by atoms with van der Waals surface area (Å²) in [6.07, 6.45) is 68.1. The number of carbonyl (C=O) groups is 2. The van der Waals surface area contributed by atoms with Crippen LogP contribution < -0.4 is 5.32 Å². The van der Waals surface area contributed by atoms with E-state index in [1.807, 2.05) is 6.08 Å². The summed E-state index contributed by atoms with van der Waals surface area (Å²) in [6, 6.07) is -0.636. The van der Waals surface area contributed by atoms with Crippen molar-refractivity contribution in [2.45, 2.75) is 353 Å². The molecule has 0 saturated carbocycles. The van der Waals surface area contributed by atoms with Gasteiger partial charge >= 0.3 is 5.97 Å². The normalized spacial score (nSPS) is 12.6. The largest absolute Gasteiger partial charge is 0.466 e. The third-order valence-corrected chi connectivity index (χ3v) is 14.3. The van der Waals surface area contributed by atoms with Crippen molar-refractivity contribution in [1.29, 1.82) is 0 Å². The Morgan fingerprint density at radius 3 is 1.01 bits per heavy atom. The molecule has 1 amide bonds. The summed E-state index contributed by atoms with van der Waals surface area (Å²) in [5.74, 6) is -0.0761. The second-order valence-electron chi connectivity index (χ2n) is 21.0. The predicted octanol–water partition coefficient (Wildman–Crippen LogP) is 18.9. The van der Waals surface area contributed by atoms with E-state index in [-0.39, 0.29) is 18.5 Å². The highest BCUT2D eigenvalue weighted by Crippen LogP contribution is 2.18. The van der Waals surface area contributed by atoms with Crippen molar-refractivity contribution in [2.75, 3.05) is 13.2 Å². The molecule has 0 aromatic carbocycles. The molecule has 0 spiro atoms. The number of unbranched alkanes of at least 4 members (excludes halogenated alkanes) is 46. The molecule has 0 saturated heterocycles. The van der Waals surface area contributed by atoms with E-state index in [0.717, 1.165) is 57.8 Å². The van der Waals surface area contributed by atoms with Gasteiger partial charge in [-0.05, 0) is 32.1 Å². The molecule has 2 unspecified atom stereocenters. The van der Waals surface area contributed by atoms with Gasteiger partial charge in [0.25, 0.3) is 0 Å². The third kappa shape index (κ3) is 53.8. The van der Waals surface area contributed by atoms with E-state index < -0.39 is 12.1 Å². The number of hydrogen-bond donors (Lipinski definition) is 3. The average Bonchev–Trinajstić information content (AvgIpc) is 3.33. The summed E-state index contributed by atoms with van der Waals surface area (Å²) < 4.78 is 5.46. The molecule has 2 atom stereocenters.